The Kier molecular flexibility index (Phi) is 4.90. The molecule has 2 atom stereocenters. The van der Waals surface area contributed by atoms with Gasteiger partial charge >= 0.3 is 6.18 Å². The van der Waals surface area contributed by atoms with E-state index in [1.165, 1.54) is 6.92 Å². The predicted octanol–water partition coefficient (Wildman–Crippen LogP) is 5.51. The summed E-state index contributed by atoms with van der Waals surface area (Å²) in [6.07, 6.45) is -7.72. The number of azide groups is 1. The molecule has 0 N–H and O–H groups in total. The zero-order valence-electron chi connectivity index (χ0n) is 11.8. The summed E-state index contributed by atoms with van der Waals surface area (Å²) >= 11 is 0. The Morgan fingerprint density at radius 1 is 1.18 bits per heavy atom. The summed E-state index contributed by atoms with van der Waals surface area (Å²) in [6.45, 7) is 1.41. The third-order valence-corrected chi connectivity index (χ3v) is 3.14. The van der Waals surface area contributed by atoms with Crippen LogP contribution in [0.3, 0.4) is 0 Å². The van der Waals surface area contributed by atoms with Gasteiger partial charge in [0.25, 0.3) is 0 Å². The minimum atomic E-state index is -4.38. The van der Waals surface area contributed by atoms with Crippen molar-refractivity contribution in [3.05, 3.63) is 58.5 Å². The van der Waals surface area contributed by atoms with E-state index in [1.807, 2.05) is 24.3 Å². The molecule has 0 fully saturated rings. The average molecular weight is 309 g/mol. The lowest BCUT2D eigenvalue weighted by Gasteiger charge is -2.22. The lowest BCUT2D eigenvalue weighted by Crippen LogP contribution is -2.19. The van der Waals surface area contributed by atoms with Crippen molar-refractivity contribution in [3.8, 4) is 0 Å². The van der Waals surface area contributed by atoms with Gasteiger partial charge in [-0.25, -0.2) is 0 Å². The third kappa shape index (κ3) is 4.38. The molecule has 116 valence electrons. The van der Waals surface area contributed by atoms with Crippen LogP contribution in [0.15, 0.2) is 47.6 Å². The van der Waals surface area contributed by atoms with Gasteiger partial charge in [-0.3, -0.25) is 0 Å². The Morgan fingerprint density at radius 3 is 2.50 bits per heavy atom. The van der Waals surface area contributed by atoms with Crippen molar-refractivity contribution in [3.63, 3.8) is 0 Å². The fourth-order valence-corrected chi connectivity index (χ4v) is 2.20. The van der Waals surface area contributed by atoms with Crippen LogP contribution in [0.5, 0.6) is 0 Å². The molecule has 7 heteroatoms. The predicted molar refractivity (Wildman–Crippen MR) is 77.1 cm³/mol. The van der Waals surface area contributed by atoms with Crippen molar-refractivity contribution in [2.45, 2.75) is 31.9 Å². The topological polar surface area (TPSA) is 58.0 Å². The maximum atomic E-state index is 12.8. The first-order valence-electron chi connectivity index (χ1n) is 6.64. The van der Waals surface area contributed by atoms with Gasteiger partial charge in [-0.05, 0) is 34.9 Å². The highest BCUT2D eigenvalue weighted by Crippen LogP contribution is 2.34. The van der Waals surface area contributed by atoms with Gasteiger partial charge in [-0.2, -0.15) is 13.2 Å². The second-order valence-corrected chi connectivity index (χ2v) is 4.85. The Labute approximate surface area is 125 Å². The molecular weight excluding hydrogens is 295 g/mol. The molecule has 0 aromatic heterocycles. The van der Waals surface area contributed by atoms with Crippen LogP contribution in [0.2, 0.25) is 0 Å². The number of rotatable bonds is 5. The summed E-state index contributed by atoms with van der Waals surface area (Å²) in [5.41, 5.74) is 8.75. The van der Waals surface area contributed by atoms with E-state index in [1.54, 1.807) is 18.2 Å². The summed E-state index contributed by atoms with van der Waals surface area (Å²) < 4.78 is 43.5. The van der Waals surface area contributed by atoms with Crippen LogP contribution in [0.1, 0.15) is 25.0 Å². The van der Waals surface area contributed by atoms with Crippen LogP contribution in [-0.4, -0.2) is 12.4 Å². The zero-order chi connectivity index (χ0) is 16.2. The first kappa shape index (κ1) is 16.1. The summed E-state index contributed by atoms with van der Waals surface area (Å²) in [6, 6.07) is 12.4. The molecule has 0 aliphatic rings. The number of nitrogens with zero attached hydrogens (tertiary/aromatic N) is 3. The molecule has 0 aliphatic carbocycles. The normalized spacial score (nSPS) is 14.4. The highest BCUT2D eigenvalue weighted by molar-refractivity contribution is 5.83. The minimum Gasteiger partial charge on any atom is -0.364 e. The number of benzene rings is 2. The number of halogens is 3. The van der Waals surface area contributed by atoms with Crippen LogP contribution in [0.25, 0.3) is 21.2 Å². The SMILES string of the molecule is CC(N=[N+]=[N-])OC(CC(F)(F)F)c1ccc2ccccc2c1. The number of hydrogen-bond acceptors (Lipinski definition) is 2. The van der Waals surface area contributed by atoms with Gasteiger partial charge in [0.1, 0.15) is 6.23 Å². The molecule has 0 amide bonds. The van der Waals surface area contributed by atoms with Crippen molar-refractivity contribution in [1.29, 1.82) is 0 Å². The van der Waals surface area contributed by atoms with Crippen LogP contribution in [-0.2, 0) is 4.74 Å². The monoisotopic (exact) mass is 309 g/mol. The fourth-order valence-electron chi connectivity index (χ4n) is 2.20. The number of ether oxygens (including phenoxy) is 1. The molecule has 0 heterocycles. The molecule has 2 unspecified atom stereocenters. The van der Waals surface area contributed by atoms with Gasteiger partial charge in [-0.1, -0.05) is 41.5 Å². The van der Waals surface area contributed by atoms with Crippen LogP contribution >= 0.6 is 0 Å². The largest absolute Gasteiger partial charge is 0.391 e. The second kappa shape index (κ2) is 6.68. The van der Waals surface area contributed by atoms with Gasteiger partial charge in [-0.15, -0.1) is 0 Å². The van der Waals surface area contributed by atoms with Gasteiger partial charge in [0.2, 0.25) is 0 Å². The lowest BCUT2D eigenvalue weighted by atomic mass is 10.0. The van der Waals surface area contributed by atoms with Crippen LogP contribution in [0, 0.1) is 0 Å². The minimum absolute atomic E-state index is 0.399. The first-order chi connectivity index (χ1) is 10.4. The average Bonchev–Trinajstić information content (AvgIpc) is 2.45. The van der Waals surface area contributed by atoms with E-state index in [0.29, 0.717) is 5.56 Å². The fraction of sp³-hybridized carbons (Fsp3) is 0.333. The molecule has 0 saturated heterocycles. The van der Waals surface area contributed by atoms with Crippen molar-refractivity contribution in [1.82, 2.24) is 0 Å². The van der Waals surface area contributed by atoms with E-state index in [2.05, 4.69) is 10.0 Å². The molecule has 0 radical (unpaired) electrons. The van der Waals surface area contributed by atoms with E-state index in [-0.39, 0.29) is 0 Å². The summed E-state index contributed by atoms with van der Waals surface area (Å²) in [5, 5.41) is 5.03. The molecule has 2 aromatic rings. The Morgan fingerprint density at radius 2 is 1.86 bits per heavy atom. The highest BCUT2D eigenvalue weighted by atomic mass is 19.4. The maximum Gasteiger partial charge on any atom is 0.391 e. The van der Waals surface area contributed by atoms with Crippen molar-refractivity contribution in [2.24, 2.45) is 5.11 Å². The summed E-state index contributed by atoms with van der Waals surface area (Å²) in [7, 11) is 0. The molecule has 0 aliphatic heterocycles. The number of hydrogen-bond donors (Lipinski definition) is 0. The van der Waals surface area contributed by atoms with E-state index >= 15 is 0 Å². The number of fused-ring (bicyclic) bond motifs is 1. The maximum absolute atomic E-state index is 12.8. The van der Waals surface area contributed by atoms with E-state index < -0.39 is 24.9 Å². The van der Waals surface area contributed by atoms with Crippen molar-refractivity contribution >= 4 is 10.8 Å². The molecule has 22 heavy (non-hydrogen) atoms. The Bertz CT molecular complexity index is 696. The Hall–Kier alpha value is -2.24. The molecule has 0 bridgehead atoms. The first-order valence-corrected chi connectivity index (χ1v) is 6.64. The van der Waals surface area contributed by atoms with Crippen molar-refractivity contribution in [2.75, 3.05) is 0 Å². The van der Waals surface area contributed by atoms with Crippen LogP contribution in [0.4, 0.5) is 13.2 Å². The van der Waals surface area contributed by atoms with E-state index in [4.69, 9.17) is 10.3 Å². The third-order valence-electron chi connectivity index (χ3n) is 3.14. The quantitative estimate of drug-likeness (QED) is 0.408. The van der Waals surface area contributed by atoms with E-state index in [9.17, 15) is 13.2 Å². The molecule has 0 saturated carbocycles. The standard InChI is InChI=1S/C15H14F3N3O/c1-10(20-21-19)22-14(9-15(16,17)18)13-7-6-11-4-2-3-5-12(11)8-13/h2-8,10,14H,9H2,1H3. The summed E-state index contributed by atoms with van der Waals surface area (Å²) in [5.74, 6) is 0. The highest BCUT2D eigenvalue weighted by Gasteiger charge is 2.34. The molecular formula is C15H14F3N3O. The van der Waals surface area contributed by atoms with Gasteiger partial charge < -0.3 is 4.74 Å². The van der Waals surface area contributed by atoms with Gasteiger partial charge in [0, 0.05) is 4.91 Å². The van der Waals surface area contributed by atoms with E-state index in [0.717, 1.165) is 10.8 Å². The van der Waals surface area contributed by atoms with Gasteiger partial charge in [0.05, 0.1) is 12.5 Å². The van der Waals surface area contributed by atoms with Gasteiger partial charge in [0.15, 0.2) is 0 Å². The second-order valence-electron chi connectivity index (χ2n) is 4.85. The number of alkyl halides is 3. The van der Waals surface area contributed by atoms with Crippen LogP contribution < -0.4 is 0 Å². The molecule has 4 nitrogen and oxygen atoms in total. The zero-order valence-corrected chi connectivity index (χ0v) is 11.8. The summed E-state index contributed by atoms with van der Waals surface area (Å²) in [4.78, 5) is 2.55. The molecule has 2 rings (SSSR count). The molecule has 0 spiro atoms. The smallest absolute Gasteiger partial charge is 0.364 e. The van der Waals surface area contributed by atoms with Crippen molar-refractivity contribution < 1.29 is 17.9 Å². The molecule has 2 aromatic carbocycles. The Balaban J connectivity index is 2.34. The lowest BCUT2D eigenvalue weighted by molar-refractivity contribution is -0.167.